The molecule has 0 aromatic carbocycles. The Balaban J connectivity index is 1.81. The van der Waals surface area contributed by atoms with Crippen molar-refractivity contribution in [2.45, 2.75) is 52.6 Å². The lowest BCUT2D eigenvalue weighted by Crippen LogP contribution is -2.40. The van der Waals surface area contributed by atoms with Crippen molar-refractivity contribution < 1.29 is 0 Å². The topological polar surface area (TPSA) is 34.0 Å². The quantitative estimate of drug-likeness (QED) is 0.866. The molecule has 0 N–H and O–H groups in total. The molecule has 0 aliphatic carbocycles. The SMILES string of the molecule is CCn1c(CC2CCCN(C(C)C)C2)nc2cccnc21. The largest absolute Gasteiger partial charge is 0.313 e. The van der Waals surface area contributed by atoms with Gasteiger partial charge >= 0.3 is 0 Å². The van der Waals surface area contributed by atoms with Crippen LogP contribution in [-0.2, 0) is 13.0 Å². The minimum atomic E-state index is 0.652. The van der Waals surface area contributed by atoms with E-state index >= 15 is 0 Å². The van der Waals surface area contributed by atoms with Gasteiger partial charge in [0.15, 0.2) is 5.65 Å². The van der Waals surface area contributed by atoms with Gasteiger partial charge < -0.3 is 9.47 Å². The van der Waals surface area contributed by atoms with E-state index in [0.717, 1.165) is 30.0 Å². The Bertz CT molecular complexity index is 602. The van der Waals surface area contributed by atoms with E-state index in [1.165, 1.54) is 31.8 Å². The Kier molecular flexibility index (Phi) is 4.24. The number of fused-ring (bicyclic) bond motifs is 1. The number of nitrogens with zero attached hydrogens (tertiary/aromatic N) is 4. The van der Waals surface area contributed by atoms with E-state index in [4.69, 9.17) is 4.98 Å². The fourth-order valence-corrected chi connectivity index (χ4v) is 3.48. The molecule has 1 fully saturated rings. The molecular formula is C17H26N4. The van der Waals surface area contributed by atoms with E-state index in [1.54, 1.807) is 0 Å². The molecule has 114 valence electrons. The van der Waals surface area contributed by atoms with E-state index in [2.05, 4.69) is 41.3 Å². The van der Waals surface area contributed by atoms with Gasteiger partial charge in [0.25, 0.3) is 0 Å². The van der Waals surface area contributed by atoms with Gasteiger partial charge in [-0.25, -0.2) is 9.97 Å². The summed E-state index contributed by atoms with van der Waals surface area (Å²) < 4.78 is 2.28. The molecule has 0 amide bonds. The molecule has 21 heavy (non-hydrogen) atoms. The lowest BCUT2D eigenvalue weighted by Gasteiger charge is -2.35. The molecule has 0 saturated carbocycles. The third kappa shape index (κ3) is 2.95. The highest BCUT2D eigenvalue weighted by Gasteiger charge is 2.23. The number of rotatable bonds is 4. The van der Waals surface area contributed by atoms with Crippen LogP contribution in [0.15, 0.2) is 18.3 Å². The van der Waals surface area contributed by atoms with Crippen molar-refractivity contribution in [3.63, 3.8) is 0 Å². The van der Waals surface area contributed by atoms with E-state index in [-0.39, 0.29) is 0 Å². The Morgan fingerprint density at radius 3 is 3.00 bits per heavy atom. The summed E-state index contributed by atoms with van der Waals surface area (Å²) >= 11 is 0. The average Bonchev–Trinajstić information content (AvgIpc) is 2.84. The van der Waals surface area contributed by atoms with Gasteiger partial charge in [-0.15, -0.1) is 0 Å². The van der Waals surface area contributed by atoms with Crippen LogP contribution in [0.3, 0.4) is 0 Å². The van der Waals surface area contributed by atoms with Crippen LogP contribution in [0.4, 0.5) is 0 Å². The molecule has 1 atom stereocenters. The van der Waals surface area contributed by atoms with Crippen molar-refractivity contribution in [3.05, 3.63) is 24.2 Å². The number of likely N-dealkylation sites (tertiary alicyclic amines) is 1. The summed E-state index contributed by atoms with van der Waals surface area (Å²) in [5.41, 5.74) is 2.07. The van der Waals surface area contributed by atoms with Crippen LogP contribution in [0.2, 0.25) is 0 Å². The van der Waals surface area contributed by atoms with E-state index < -0.39 is 0 Å². The lowest BCUT2D eigenvalue weighted by atomic mass is 9.93. The average molecular weight is 286 g/mol. The summed E-state index contributed by atoms with van der Waals surface area (Å²) in [5, 5.41) is 0. The summed E-state index contributed by atoms with van der Waals surface area (Å²) in [6, 6.07) is 4.69. The first-order chi connectivity index (χ1) is 10.2. The predicted octanol–water partition coefficient (Wildman–Crippen LogP) is 3.11. The Hall–Kier alpha value is -1.42. The zero-order valence-corrected chi connectivity index (χ0v) is 13.4. The van der Waals surface area contributed by atoms with Crippen LogP contribution < -0.4 is 0 Å². The first-order valence-electron chi connectivity index (χ1n) is 8.23. The molecule has 2 aromatic rings. The van der Waals surface area contributed by atoms with Crippen LogP contribution in [0.1, 0.15) is 39.4 Å². The Morgan fingerprint density at radius 2 is 2.24 bits per heavy atom. The summed E-state index contributed by atoms with van der Waals surface area (Å²) in [4.78, 5) is 11.9. The Labute approximate surface area is 127 Å². The highest BCUT2D eigenvalue weighted by Crippen LogP contribution is 2.23. The van der Waals surface area contributed by atoms with Gasteiger partial charge in [0.2, 0.25) is 0 Å². The number of pyridine rings is 1. The van der Waals surface area contributed by atoms with Crippen molar-refractivity contribution >= 4 is 11.2 Å². The normalized spacial score (nSPS) is 20.5. The Morgan fingerprint density at radius 1 is 1.38 bits per heavy atom. The maximum Gasteiger partial charge on any atom is 0.159 e. The number of hydrogen-bond acceptors (Lipinski definition) is 3. The number of hydrogen-bond donors (Lipinski definition) is 0. The van der Waals surface area contributed by atoms with Crippen LogP contribution in [0.25, 0.3) is 11.2 Å². The number of piperidine rings is 1. The zero-order chi connectivity index (χ0) is 14.8. The number of aromatic nitrogens is 3. The fourth-order valence-electron chi connectivity index (χ4n) is 3.48. The fraction of sp³-hybridized carbons (Fsp3) is 0.647. The van der Waals surface area contributed by atoms with Gasteiger partial charge in [-0.3, -0.25) is 0 Å². The van der Waals surface area contributed by atoms with Gasteiger partial charge in [0.05, 0.1) is 0 Å². The maximum atomic E-state index is 4.83. The van der Waals surface area contributed by atoms with Gasteiger partial charge in [-0.1, -0.05) is 0 Å². The second-order valence-corrected chi connectivity index (χ2v) is 6.42. The predicted molar refractivity (Wildman–Crippen MR) is 86.3 cm³/mol. The molecule has 2 aromatic heterocycles. The molecule has 3 heterocycles. The zero-order valence-electron chi connectivity index (χ0n) is 13.4. The molecule has 1 unspecified atom stereocenters. The van der Waals surface area contributed by atoms with Gasteiger partial charge in [0.1, 0.15) is 11.3 Å². The summed E-state index contributed by atoms with van der Waals surface area (Å²) in [7, 11) is 0. The maximum absolute atomic E-state index is 4.83. The summed E-state index contributed by atoms with van der Waals surface area (Å²) in [5.74, 6) is 1.94. The highest BCUT2D eigenvalue weighted by molar-refractivity contribution is 5.71. The summed E-state index contributed by atoms with van der Waals surface area (Å²) in [6.45, 7) is 10.2. The summed E-state index contributed by atoms with van der Waals surface area (Å²) in [6.07, 6.45) is 5.57. The molecular weight excluding hydrogens is 260 g/mol. The molecule has 4 heteroatoms. The second kappa shape index (κ2) is 6.14. The third-order valence-corrected chi connectivity index (χ3v) is 4.65. The molecule has 4 nitrogen and oxygen atoms in total. The van der Waals surface area contributed by atoms with Crippen molar-refractivity contribution in [1.29, 1.82) is 0 Å². The molecule has 0 bridgehead atoms. The molecule has 1 aliphatic heterocycles. The van der Waals surface area contributed by atoms with Gasteiger partial charge in [-0.05, 0) is 58.2 Å². The second-order valence-electron chi connectivity index (χ2n) is 6.42. The van der Waals surface area contributed by atoms with E-state index in [0.29, 0.717) is 6.04 Å². The van der Waals surface area contributed by atoms with Crippen LogP contribution >= 0.6 is 0 Å². The van der Waals surface area contributed by atoms with Crippen molar-refractivity contribution in [3.8, 4) is 0 Å². The minimum Gasteiger partial charge on any atom is -0.313 e. The monoisotopic (exact) mass is 286 g/mol. The van der Waals surface area contributed by atoms with Crippen molar-refractivity contribution in [1.82, 2.24) is 19.4 Å². The standard InChI is InChI=1S/C17H26N4/c1-4-21-16(19-15-8-5-9-18-17(15)21)11-14-7-6-10-20(12-14)13(2)3/h5,8-9,13-14H,4,6-7,10-12H2,1-3H3. The van der Waals surface area contributed by atoms with Gasteiger partial charge in [-0.2, -0.15) is 0 Å². The van der Waals surface area contributed by atoms with Crippen molar-refractivity contribution in [2.75, 3.05) is 13.1 Å². The van der Waals surface area contributed by atoms with E-state index in [9.17, 15) is 0 Å². The highest BCUT2D eigenvalue weighted by atomic mass is 15.2. The molecule has 0 radical (unpaired) electrons. The first kappa shape index (κ1) is 14.5. The molecule has 1 aliphatic rings. The number of imidazole rings is 1. The molecule has 1 saturated heterocycles. The molecule has 3 rings (SSSR count). The van der Waals surface area contributed by atoms with Crippen molar-refractivity contribution in [2.24, 2.45) is 5.92 Å². The van der Waals surface area contributed by atoms with E-state index in [1.807, 2.05) is 12.3 Å². The number of aryl methyl sites for hydroxylation is 1. The lowest BCUT2D eigenvalue weighted by molar-refractivity contribution is 0.138. The third-order valence-electron chi connectivity index (χ3n) is 4.65. The first-order valence-corrected chi connectivity index (χ1v) is 8.23. The van der Waals surface area contributed by atoms with Crippen LogP contribution in [0, 0.1) is 5.92 Å². The molecule has 0 spiro atoms. The minimum absolute atomic E-state index is 0.652. The smallest absolute Gasteiger partial charge is 0.159 e. The van der Waals surface area contributed by atoms with Gasteiger partial charge in [0, 0.05) is 31.7 Å². The van der Waals surface area contributed by atoms with Crippen LogP contribution in [0.5, 0.6) is 0 Å². The van der Waals surface area contributed by atoms with Crippen LogP contribution in [-0.4, -0.2) is 38.6 Å².